The lowest BCUT2D eigenvalue weighted by molar-refractivity contribution is 0.0996. The Morgan fingerprint density at radius 2 is 2.24 bits per heavy atom. The second kappa shape index (κ2) is 4.12. The van der Waals surface area contributed by atoms with Crippen LogP contribution in [0.1, 0.15) is 10.5 Å². The first-order chi connectivity index (χ1) is 8.13. The van der Waals surface area contributed by atoms with Crippen LogP contribution in [0, 0.1) is 0 Å². The van der Waals surface area contributed by atoms with Crippen LogP contribution in [-0.2, 0) is 0 Å². The van der Waals surface area contributed by atoms with Crippen LogP contribution in [0.15, 0.2) is 18.2 Å². The number of nitrogens with zero attached hydrogens (tertiary/aromatic N) is 2. The Morgan fingerprint density at radius 3 is 2.88 bits per heavy atom. The van der Waals surface area contributed by atoms with E-state index in [1.165, 1.54) is 13.2 Å². The molecule has 0 aliphatic carbocycles. The van der Waals surface area contributed by atoms with E-state index in [1.54, 1.807) is 12.1 Å². The lowest BCUT2D eigenvalue weighted by Gasteiger charge is -2.05. The predicted octanol–water partition coefficient (Wildman–Crippen LogP) is 0.285. The van der Waals surface area contributed by atoms with Gasteiger partial charge < -0.3 is 15.6 Å². The zero-order valence-corrected chi connectivity index (χ0v) is 8.97. The van der Waals surface area contributed by atoms with Crippen molar-refractivity contribution in [2.75, 3.05) is 7.11 Å². The molecule has 0 spiro atoms. The van der Waals surface area contributed by atoms with E-state index in [9.17, 15) is 9.90 Å². The summed E-state index contributed by atoms with van der Waals surface area (Å²) in [7, 11) is 1.43. The number of rotatable bonds is 3. The molecular weight excluding hydrogens is 224 g/mol. The van der Waals surface area contributed by atoms with Gasteiger partial charge in [-0.05, 0) is 18.2 Å². The molecule has 2 aromatic rings. The van der Waals surface area contributed by atoms with Gasteiger partial charge in [0.1, 0.15) is 5.69 Å². The number of nitrogens with two attached hydrogens (primary N) is 1. The van der Waals surface area contributed by atoms with Gasteiger partial charge in [0, 0.05) is 5.56 Å². The highest BCUT2D eigenvalue weighted by Gasteiger charge is 2.16. The first-order valence-corrected chi connectivity index (χ1v) is 4.71. The molecule has 0 aliphatic rings. The fraction of sp³-hybridized carbons (Fsp3) is 0.100. The van der Waals surface area contributed by atoms with Gasteiger partial charge in [0.2, 0.25) is 0 Å². The Kier molecular flexibility index (Phi) is 2.65. The van der Waals surface area contributed by atoms with E-state index in [1.807, 2.05) is 0 Å². The number of phenolic OH excluding ortho intramolecular Hbond substituents is 1. The van der Waals surface area contributed by atoms with Crippen molar-refractivity contribution in [1.29, 1.82) is 0 Å². The number of phenols is 1. The highest BCUT2D eigenvalue weighted by atomic mass is 16.5. The van der Waals surface area contributed by atoms with Gasteiger partial charge in [0.15, 0.2) is 17.2 Å². The van der Waals surface area contributed by atoms with Crippen molar-refractivity contribution in [3.8, 4) is 22.8 Å². The third kappa shape index (κ3) is 1.89. The summed E-state index contributed by atoms with van der Waals surface area (Å²) in [6.07, 6.45) is 0. The maximum atomic E-state index is 11.1. The molecule has 17 heavy (non-hydrogen) atoms. The summed E-state index contributed by atoms with van der Waals surface area (Å²) in [5, 5.41) is 19.3. The average Bonchev–Trinajstić information content (AvgIpc) is 2.78. The summed E-state index contributed by atoms with van der Waals surface area (Å²) in [6.45, 7) is 0. The van der Waals surface area contributed by atoms with E-state index in [-0.39, 0.29) is 17.2 Å². The molecule has 1 aromatic carbocycles. The number of H-pyrrole nitrogens is 1. The van der Waals surface area contributed by atoms with E-state index < -0.39 is 5.91 Å². The van der Waals surface area contributed by atoms with Crippen molar-refractivity contribution in [2.24, 2.45) is 5.73 Å². The van der Waals surface area contributed by atoms with Crippen LogP contribution in [0.25, 0.3) is 11.3 Å². The Morgan fingerprint density at radius 1 is 1.47 bits per heavy atom. The van der Waals surface area contributed by atoms with Gasteiger partial charge >= 0.3 is 0 Å². The van der Waals surface area contributed by atoms with Crippen LogP contribution in [0.5, 0.6) is 11.5 Å². The van der Waals surface area contributed by atoms with Gasteiger partial charge in [-0.15, -0.1) is 0 Å². The maximum absolute atomic E-state index is 11.1. The normalized spacial score (nSPS) is 10.2. The van der Waals surface area contributed by atoms with E-state index in [0.29, 0.717) is 11.3 Å². The molecule has 0 aliphatic heterocycles. The molecule has 88 valence electrons. The zero-order valence-electron chi connectivity index (χ0n) is 8.97. The molecule has 7 heteroatoms. The molecule has 0 bridgehead atoms. The predicted molar refractivity (Wildman–Crippen MR) is 58.6 cm³/mol. The molecule has 0 radical (unpaired) electrons. The minimum Gasteiger partial charge on any atom is -0.504 e. The number of nitrogens with one attached hydrogen (secondary N) is 1. The second-order valence-electron chi connectivity index (χ2n) is 3.27. The van der Waals surface area contributed by atoms with Crippen molar-refractivity contribution in [1.82, 2.24) is 15.4 Å². The number of carbonyl (C=O) groups excluding carboxylic acids is 1. The van der Waals surface area contributed by atoms with Crippen molar-refractivity contribution >= 4 is 5.91 Å². The number of aromatic hydroxyl groups is 1. The molecule has 0 fully saturated rings. The van der Waals surface area contributed by atoms with Crippen LogP contribution in [0.3, 0.4) is 0 Å². The van der Waals surface area contributed by atoms with Gasteiger partial charge in [0.05, 0.1) is 7.11 Å². The summed E-state index contributed by atoms with van der Waals surface area (Å²) in [5.41, 5.74) is 6.08. The van der Waals surface area contributed by atoms with Crippen LogP contribution in [0.4, 0.5) is 0 Å². The van der Waals surface area contributed by atoms with Crippen molar-refractivity contribution in [3.05, 3.63) is 23.9 Å². The standard InChI is InChI=1S/C10H10N4O3/c1-17-7-4-5(2-3-6(7)15)8-9(10(11)16)13-14-12-8/h2-4,15H,1H3,(H2,11,16)(H,12,13,14). The number of primary amides is 1. The second-order valence-corrected chi connectivity index (χ2v) is 3.27. The zero-order chi connectivity index (χ0) is 12.4. The largest absolute Gasteiger partial charge is 0.504 e. The SMILES string of the molecule is COc1cc(-c2n[nH]nc2C(N)=O)ccc1O. The Bertz CT molecular complexity index is 564. The molecule has 7 nitrogen and oxygen atoms in total. The molecule has 1 heterocycles. The van der Waals surface area contributed by atoms with Gasteiger partial charge in [0.25, 0.3) is 5.91 Å². The lowest BCUT2D eigenvalue weighted by atomic mass is 10.1. The van der Waals surface area contributed by atoms with E-state index in [2.05, 4.69) is 15.4 Å². The summed E-state index contributed by atoms with van der Waals surface area (Å²) < 4.78 is 4.96. The monoisotopic (exact) mass is 234 g/mol. The average molecular weight is 234 g/mol. The van der Waals surface area contributed by atoms with E-state index >= 15 is 0 Å². The number of hydrogen-bond donors (Lipinski definition) is 3. The smallest absolute Gasteiger partial charge is 0.271 e. The van der Waals surface area contributed by atoms with Gasteiger partial charge in [-0.1, -0.05) is 0 Å². The number of aromatic nitrogens is 3. The Hall–Kier alpha value is -2.57. The first kappa shape index (κ1) is 10.9. The fourth-order valence-electron chi connectivity index (χ4n) is 1.43. The third-order valence-corrected chi connectivity index (χ3v) is 2.23. The number of amides is 1. The molecule has 1 aromatic heterocycles. The van der Waals surface area contributed by atoms with E-state index in [0.717, 1.165) is 0 Å². The first-order valence-electron chi connectivity index (χ1n) is 4.71. The Balaban J connectivity index is 2.53. The minimum absolute atomic E-state index is 0.000342. The van der Waals surface area contributed by atoms with Gasteiger partial charge in [-0.3, -0.25) is 4.79 Å². The number of methoxy groups -OCH3 is 1. The maximum Gasteiger partial charge on any atom is 0.271 e. The molecule has 0 saturated carbocycles. The number of carbonyl (C=O) groups is 1. The quantitative estimate of drug-likeness (QED) is 0.705. The minimum atomic E-state index is -0.680. The molecule has 1 amide bonds. The summed E-state index contributed by atoms with van der Waals surface area (Å²) in [6, 6.07) is 4.56. The molecule has 0 unspecified atom stereocenters. The lowest BCUT2D eigenvalue weighted by Crippen LogP contribution is -2.12. The Labute approximate surface area is 96.2 Å². The van der Waals surface area contributed by atoms with Gasteiger partial charge in [-0.2, -0.15) is 15.4 Å². The van der Waals surface area contributed by atoms with Crippen LogP contribution >= 0.6 is 0 Å². The highest BCUT2D eigenvalue weighted by Crippen LogP contribution is 2.31. The molecule has 2 rings (SSSR count). The molecule has 0 atom stereocenters. The number of aromatic amines is 1. The number of ether oxygens (including phenoxy) is 1. The summed E-state index contributed by atoms with van der Waals surface area (Å²) in [5.74, 6) is -0.401. The summed E-state index contributed by atoms with van der Waals surface area (Å²) in [4.78, 5) is 11.1. The van der Waals surface area contributed by atoms with Crippen LogP contribution in [-0.4, -0.2) is 33.5 Å². The number of benzene rings is 1. The van der Waals surface area contributed by atoms with Crippen molar-refractivity contribution in [2.45, 2.75) is 0 Å². The third-order valence-electron chi connectivity index (χ3n) is 2.23. The highest BCUT2D eigenvalue weighted by molar-refractivity contribution is 5.96. The van der Waals surface area contributed by atoms with E-state index in [4.69, 9.17) is 10.5 Å². The van der Waals surface area contributed by atoms with Gasteiger partial charge in [-0.25, -0.2) is 0 Å². The molecule has 0 saturated heterocycles. The topological polar surface area (TPSA) is 114 Å². The molecular formula is C10H10N4O3. The number of hydrogen-bond acceptors (Lipinski definition) is 5. The van der Waals surface area contributed by atoms with Crippen LogP contribution in [0.2, 0.25) is 0 Å². The van der Waals surface area contributed by atoms with Crippen molar-refractivity contribution in [3.63, 3.8) is 0 Å². The fourth-order valence-corrected chi connectivity index (χ4v) is 1.43. The van der Waals surface area contributed by atoms with Crippen molar-refractivity contribution < 1.29 is 14.6 Å². The van der Waals surface area contributed by atoms with Crippen LogP contribution < -0.4 is 10.5 Å². The molecule has 4 N–H and O–H groups in total. The summed E-state index contributed by atoms with van der Waals surface area (Å²) >= 11 is 0.